The number of nitrogens with one attached hydrogen (secondary N) is 1. The number of nitrogens with two attached hydrogens (primary N) is 1. The fourth-order valence-electron chi connectivity index (χ4n) is 2.69. The van der Waals surface area contributed by atoms with E-state index in [0.29, 0.717) is 21.9 Å². The quantitative estimate of drug-likeness (QED) is 0.909. The van der Waals surface area contributed by atoms with Crippen LogP contribution < -0.4 is 15.8 Å². The average Bonchev–Trinajstić information content (AvgIpc) is 3.07. The van der Waals surface area contributed by atoms with Crippen LogP contribution in [0.3, 0.4) is 0 Å². The smallest absolute Gasteiger partial charge is 0.256 e. The third kappa shape index (κ3) is 2.57. The minimum absolute atomic E-state index is 0.277. The molecule has 0 radical (unpaired) electrons. The van der Waals surface area contributed by atoms with Gasteiger partial charge in [0.1, 0.15) is 10.8 Å². The van der Waals surface area contributed by atoms with Gasteiger partial charge in [0.25, 0.3) is 11.8 Å². The van der Waals surface area contributed by atoms with Crippen molar-refractivity contribution in [3.63, 3.8) is 0 Å². The third-order valence-corrected chi connectivity index (χ3v) is 4.93. The minimum atomic E-state index is -0.486. The average molecular weight is 316 g/mol. The Hall–Kier alpha value is -2.34. The molecule has 1 aliphatic carbocycles. The number of fused-ring (bicyclic) bond motifs is 1. The molecule has 2 amide bonds. The number of anilines is 1. The Kier molecular flexibility index (Phi) is 3.85. The minimum Gasteiger partial charge on any atom is -0.497 e. The van der Waals surface area contributed by atoms with E-state index in [1.807, 2.05) is 0 Å². The summed E-state index contributed by atoms with van der Waals surface area (Å²) in [5, 5.41) is 3.36. The lowest BCUT2D eigenvalue weighted by atomic mass is 10.1. The Bertz CT molecular complexity index is 752. The van der Waals surface area contributed by atoms with Crippen molar-refractivity contribution in [3.8, 4) is 5.75 Å². The van der Waals surface area contributed by atoms with Crippen LogP contribution in [0.25, 0.3) is 0 Å². The van der Waals surface area contributed by atoms with Crippen molar-refractivity contribution < 1.29 is 14.3 Å². The van der Waals surface area contributed by atoms with Gasteiger partial charge in [-0.05, 0) is 43.0 Å². The normalized spacial score (nSPS) is 12.8. The molecule has 1 heterocycles. The van der Waals surface area contributed by atoms with E-state index in [1.54, 1.807) is 31.4 Å². The van der Waals surface area contributed by atoms with Crippen LogP contribution in [0.4, 0.5) is 5.00 Å². The molecule has 0 fully saturated rings. The molecule has 0 saturated carbocycles. The number of rotatable bonds is 4. The lowest BCUT2D eigenvalue weighted by molar-refractivity contribution is 0.100. The van der Waals surface area contributed by atoms with Gasteiger partial charge in [-0.25, -0.2) is 0 Å². The highest BCUT2D eigenvalue weighted by Gasteiger charge is 2.26. The predicted octanol–water partition coefficient (Wildman–Crippen LogP) is 2.60. The molecule has 1 aromatic heterocycles. The monoisotopic (exact) mass is 316 g/mol. The van der Waals surface area contributed by atoms with E-state index in [0.717, 1.165) is 29.7 Å². The van der Waals surface area contributed by atoms with Crippen molar-refractivity contribution in [1.82, 2.24) is 0 Å². The second kappa shape index (κ2) is 5.81. The number of methoxy groups -OCH3 is 1. The zero-order valence-corrected chi connectivity index (χ0v) is 13.0. The summed E-state index contributed by atoms with van der Waals surface area (Å²) in [4.78, 5) is 25.2. The second-order valence-electron chi connectivity index (χ2n) is 5.11. The fourth-order valence-corrected chi connectivity index (χ4v) is 3.98. The highest BCUT2D eigenvalue weighted by Crippen LogP contribution is 2.39. The Labute approximate surface area is 132 Å². The maximum absolute atomic E-state index is 12.4. The number of thiophene rings is 1. The lowest BCUT2D eigenvalue weighted by Gasteiger charge is -2.07. The van der Waals surface area contributed by atoms with Gasteiger partial charge in [0, 0.05) is 10.4 Å². The first-order valence-electron chi connectivity index (χ1n) is 7.00. The SMILES string of the molecule is COc1cccc(C(=O)Nc2sc3c(c2C(N)=O)CCC3)c1. The number of benzene rings is 1. The molecule has 0 aliphatic heterocycles. The van der Waals surface area contributed by atoms with Crippen LogP contribution in [0.2, 0.25) is 0 Å². The zero-order chi connectivity index (χ0) is 15.7. The van der Waals surface area contributed by atoms with E-state index in [1.165, 1.54) is 11.3 Å². The van der Waals surface area contributed by atoms with Gasteiger partial charge in [-0.3, -0.25) is 9.59 Å². The molecule has 0 saturated heterocycles. The number of hydrogen-bond donors (Lipinski definition) is 2. The molecular formula is C16H16N2O3S. The Balaban J connectivity index is 1.90. The van der Waals surface area contributed by atoms with Crippen LogP contribution in [0, 0.1) is 0 Å². The number of amides is 2. The van der Waals surface area contributed by atoms with E-state index in [9.17, 15) is 9.59 Å². The summed E-state index contributed by atoms with van der Waals surface area (Å²) in [5.41, 5.74) is 7.43. The maximum atomic E-state index is 12.4. The van der Waals surface area contributed by atoms with Crippen LogP contribution in [-0.4, -0.2) is 18.9 Å². The van der Waals surface area contributed by atoms with Crippen molar-refractivity contribution in [2.75, 3.05) is 12.4 Å². The van der Waals surface area contributed by atoms with Gasteiger partial charge < -0.3 is 15.8 Å². The largest absolute Gasteiger partial charge is 0.497 e. The summed E-state index contributed by atoms with van der Waals surface area (Å²) >= 11 is 1.45. The second-order valence-corrected chi connectivity index (χ2v) is 6.22. The molecule has 3 rings (SSSR count). The summed E-state index contributed by atoms with van der Waals surface area (Å²) in [7, 11) is 1.55. The van der Waals surface area contributed by atoms with Crippen LogP contribution in [0.15, 0.2) is 24.3 Å². The predicted molar refractivity (Wildman–Crippen MR) is 85.8 cm³/mol. The van der Waals surface area contributed by atoms with Crippen molar-refractivity contribution in [2.24, 2.45) is 5.73 Å². The molecule has 2 aromatic rings. The van der Waals surface area contributed by atoms with E-state index in [-0.39, 0.29) is 5.91 Å². The highest BCUT2D eigenvalue weighted by molar-refractivity contribution is 7.17. The number of ether oxygens (including phenoxy) is 1. The van der Waals surface area contributed by atoms with Gasteiger partial charge in [0.2, 0.25) is 0 Å². The van der Waals surface area contributed by atoms with E-state index in [2.05, 4.69) is 5.32 Å². The van der Waals surface area contributed by atoms with Crippen LogP contribution >= 0.6 is 11.3 Å². The summed E-state index contributed by atoms with van der Waals surface area (Å²) in [6.07, 6.45) is 2.82. The van der Waals surface area contributed by atoms with Gasteiger partial charge >= 0.3 is 0 Å². The number of carbonyl (C=O) groups is 2. The highest BCUT2D eigenvalue weighted by atomic mass is 32.1. The fraction of sp³-hybridized carbons (Fsp3) is 0.250. The molecule has 114 valence electrons. The van der Waals surface area contributed by atoms with Crippen LogP contribution in [0.1, 0.15) is 37.6 Å². The molecule has 6 heteroatoms. The van der Waals surface area contributed by atoms with Gasteiger partial charge in [0.05, 0.1) is 12.7 Å². The summed E-state index contributed by atoms with van der Waals surface area (Å²) in [5.74, 6) is -0.155. The topological polar surface area (TPSA) is 81.4 Å². The number of aryl methyl sites for hydroxylation is 1. The Morgan fingerprint density at radius 2 is 2.14 bits per heavy atom. The van der Waals surface area contributed by atoms with E-state index >= 15 is 0 Å². The number of hydrogen-bond acceptors (Lipinski definition) is 4. The molecule has 0 bridgehead atoms. The zero-order valence-electron chi connectivity index (χ0n) is 12.1. The van der Waals surface area contributed by atoms with Crippen LogP contribution in [-0.2, 0) is 12.8 Å². The van der Waals surface area contributed by atoms with Crippen molar-refractivity contribution in [3.05, 3.63) is 45.8 Å². The molecule has 3 N–H and O–H groups in total. The first-order valence-corrected chi connectivity index (χ1v) is 7.81. The first kappa shape index (κ1) is 14.6. The van der Waals surface area contributed by atoms with Gasteiger partial charge in [0.15, 0.2) is 0 Å². The van der Waals surface area contributed by atoms with Gasteiger partial charge in [-0.2, -0.15) is 0 Å². The third-order valence-electron chi connectivity index (χ3n) is 3.73. The van der Waals surface area contributed by atoms with Crippen molar-refractivity contribution in [2.45, 2.75) is 19.3 Å². The Morgan fingerprint density at radius 1 is 1.32 bits per heavy atom. The van der Waals surface area contributed by atoms with Crippen LogP contribution in [0.5, 0.6) is 5.75 Å². The van der Waals surface area contributed by atoms with E-state index in [4.69, 9.17) is 10.5 Å². The molecule has 0 unspecified atom stereocenters. The van der Waals surface area contributed by atoms with Crippen molar-refractivity contribution >= 4 is 28.2 Å². The molecule has 0 atom stereocenters. The first-order chi connectivity index (χ1) is 10.6. The molecule has 1 aliphatic rings. The molecular weight excluding hydrogens is 300 g/mol. The Morgan fingerprint density at radius 3 is 2.86 bits per heavy atom. The van der Waals surface area contributed by atoms with Gasteiger partial charge in [-0.15, -0.1) is 11.3 Å². The maximum Gasteiger partial charge on any atom is 0.256 e. The summed E-state index contributed by atoms with van der Waals surface area (Å²) < 4.78 is 5.12. The van der Waals surface area contributed by atoms with Gasteiger partial charge in [-0.1, -0.05) is 6.07 Å². The summed E-state index contributed by atoms with van der Waals surface area (Å²) in [6.45, 7) is 0. The summed E-state index contributed by atoms with van der Waals surface area (Å²) in [6, 6.07) is 6.87. The molecule has 1 aromatic carbocycles. The molecule has 5 nitrogen and oxygen atoms in total. The van der Waals surface area contributed by atoms with Crippen molar-refractivity contribution in [1.29, 1.82) is 0 Å². The van der Waals surface area contributed by atoms with E-state index < -0.39 is 5.91 Å². The number of carbonyl (C=O) groups excluding carboxylic acids is 2. The lowest BCUT2D eigenvalue weighted by Crippen LogP contribution is -2.17. The molecule has 0 spiro atoms. The standard InChI is InChI=1S/C16H16N2O3S/c1-21-10-5-2-4-9(8-10)15(20)18-16-13(14(17)19)11-6-3-7-12(11)22-16/h2,4-5,8H,3,6-7H2,1H3,(H2,17,19)(H,18,20). The number of primary amides is 1. The molecule has 22 heavy (non-hydrogen) atoms.